The third kappa shape index (κ3) is 5.53. The first-order valence-corrected chi connectivity index (χ1v) is 8.11. The van der Waals surface area contributed by atoms with Crippen LogP contribution in [0.5, 0.6) is 0 Å². The molecule has 23 heavy (non-hydrogen) atoms. The maximum absolute atomic E-state index is 12.0. The highest BCUT2D eigenvalue weighted by atomic mass is 16.5. The van der Waals surface area contributed by atoms with E-state index in [-0.39, 0.29) is 12.1 Å². The Morgan fingerprint density at radius 2 is 2.00 bits per heavy atom. The van der Waals surface area contributed by atoms with E-state index in [9.17, 15) is 4.79 Å². The van der Waals surface area contributed by atoms with Crippen LogP contribution in [-0.4, -0.2) is 75.4 Å². The van der Waals surface area contributed by atoms with E-state index in [1.54, 1.807) is 6.26 Å². The predicted octanol–water partition coefficient (Wildman–Crippen LogP) is 0.902. The zero-order valence-corrected chi connectivity index (χ0v) is 14.2. The van der Waals surface area contributed by atoms with E-state index in [4.69, 9.17) is 9.15 Å². The maximum atomic E-state index is 12.0. The minimum Gasteiger partial charge on any atom is -0.468 e. The van der Waals surface area contributed by atoms with E-state index >= 15 is 0 Å². The molecule has 130 valence electrons. The number of carbonyl (C=O) groups excluding carboxylic acids is 1. The molecule has 7 nitrogen and oxygen atoms in total. The van der Waals surface area contributed by atoms with Crippen LogP contribution in [0.15, 0.2) is 22.8 Å². The fourth-order valence-corrected chi connectivity index (χ4v) is 2.66. The highest BCUT2D eigenvalue weighted by Crippen LogP contribution is 2.17. The van der Waals surface area contributed by atoms with E-state index in [1.165, 1.54) is 0 Å². The van der Waals surface area contributed by atoms with Gasteiger partial charge in [0.1, 0.15) is 5.76 Å². The molecule has 2 atom stereocenters. The van der Waals surface area contributed by atoms with Crippen molar-refractivity contribution in [3.63, 3.8) is 0 Å². The minimum absolute atomic E-state index is 0.0208. The molecule has 0 spiro atoms. The van der Waals surface area contributed by atoms with Gasteiger partial charge in [-0.05, 0) is 33.2 Å². The van der Waals surface area contributed by atoms with Gasteiger partial charge < -0.3 is 19.8 Å². The number of hydrogen-bond acceptors (Lipinski definition) is 5. The van der Waals surface area contributed by atoms with Crippen LogP contribution < -0.4 is 10.6 Å². The normalized spacial score (nSPS) is 18.6. The van der Waals surface area contributed by atoms with Crippen molar-refractivity contribution < 1.29 is 13.9 Å². The molecule has 0 bridgehead atoms. The number of nitrogens with one attached hydrogen (secondary N) is 2. The van der Waals surface area contributed by atoms with Gasteiger partial charge in [-0.1, -0.05) is 0 Å². The Balaban J connectivity index is 1.71. The van der Waals surface area contributed by atoms with Crippen LogP contribution in [-0.2, 0) is 4.74 Å². The number of rotatable bonds is 7. The first kappa shape index (κ1) is 17.8. The zero-order valence-electron chi connectivity index (χ0n) is 14.2. The highest BCUT2D eigenvalue weighted by molar-refractivity contribution is 5.73. The lowest BCUT2D eigenvalue weighted by atomic mass is 10.2. The molecule has 7 heteroatoms. The molecule has 1 aromatic heterocycles. The van der Waals surface area contributed by atoms with Crippen molar-refractivity contribution in [2.45, 2.75) is 19.0 Å². The molecule has 2 amide bonds. The quantitative estimate of drug-likeness (QED) is 0.780. The summed E-state index contributed by atoms with van der Waals surface area (Å²) < 4.78 is 10.8. The van der Waals surface area contributed by atoms with Gasteiger partial charge in [0.2, 0.25) is 0 Å². The second-order valence-electron chi connectivity index (χ2n) is 6.08. The maximum Gasteiger partial charge on any atom is 0.314 e. The molecule has 1 aliphatic rings. The summed E-state index contributed by atoms with van der Waals surface area (Å²) in [5.74, 6) is 0.844. The number of carbonyl (C=O) groups is 1. The van der Waals surface area contributed by atoms with Gasteiger partial charge in [0, 0.05) is 32.2 Å². The Hall–Kier alpha value is -1.57. The molecular weight excluding hydrogens is 296 g/mol. The Morgan fingerprint density at radius 3 is 2.61 bits per heavy atom. The molecule has 0 aliphatic carbocycles. The fourth-order valence-electron chi connectivity index (χ4n) is 2.66. The van der Waals surface area contributed by atoms with Crippen LogP contribution in [0.4, 0.5) is 4.79 Å². The predicted molar refractivity (Wildman–Crippen MR) is 88.4 cm³/mol. The van der Waals surface area contributed by atoms with Crippen molar-refractivity contribution in [1.29, 1.82) is 0 Å². The van der Waals surface area contributed by atoms with Gasteiger partial charge in [0.25, 0.3) is 0 Å². The van der Waals surface area contributed by atoms with Gasteiger partial charge in [-0.2, -0.15) is 0 Å². The molecule has 1 fully saturated rings. The van der Waals surface area contributed by atoms with E-state index in [1.807, 2.05) is 31.1 Å². The van der Waals surface area contributed by atoms with Crippen LogP contribution in [0.3, 0.4) is 0 Å². The highest BCUT2D eigenvalue weighted by Gasteiger charge is 2.19. The van der Waals surface area contributed by atoms with Crippen molar-refractivity contribution in [2.75, 3.05) is 53.5 Å². The van der Waals surface area contributed by atoms with Crippen molar-refractivity contribution in [3.8, 4) is 0 Å². The molecule has 0 aromatic carbocycles. The summed E-state index contributed by atoms with van der Waals surface area (Å²) >= 11 is 0. The number of nitrogens with zero attached hydrogens (tertiary/aromatic N) is 2. The average molecular weight is 324 g/mol. The molecule has 0 unspecified atom stereocenters. The Kier molecular flexibility index (Phi) is 6.88. The van der Waals surface area contributed by atoms with Crippen LogP contribution >= 0.6 is 0 Å². The Bertz CT molecular complexity index is 458. The molecule has 2 N–H and O–H groups in total. The van der Waals surface area contributed by atoms with Crippen molar-refractivity contribution in [1.82, 2.24) is 20.4 Å². The standard InChI is InChI=1S/C16H28N4O3/c1-13(20-6-9-22-10-7-20)11-17-16(21)18-12-14(19(2)3)15-5-4-8-23-15/h4-5,8,13-14H,6-7,9-12H2,1-3H3,(H2,17,18,21)/t13-,14+/m0/s1. The summed E-state index contributed by atoms with van der Waals surface area (Å²) in [5, 5.41) is 5.85. The van der Waals surface area contributed by atoms with E-state index in [0.717, 1.165) is 32.1 Å². The lowest BCUT2D eigenvalue weighted by Crippen LogP contribution is -2.49. The number of urea groups is 1. The summed E-state index contributed by atoms with van der Waals surface area (Å²) in [7, 11) is 3.93. The van der Waals surface area contributed by atoms with Gasteiger partial charge in [0.05, 0.1) is 25.5 Å². The summed E-state index contributed by atoms with van der Waals surface area (Å²) in [6, 6.07) is 3.95. The molecule has 2 heterocycles. The summed E-state index contributed by atoms with van der Waals surface area (Å²) in [6.45, 7) is 6.63. The second kappa shape index (κ2) is 8.90. The number of likely N-dealkylation sites (N-methyl/N-ethyl adjacent to an activating group) is 1. The van der Waals surface area contributed by atoms with Crippen molar-refractivity contribution >= 4 is 6.03 Å². The first-order valence-electron chi connectivity index (χ1n) is 8.11. The minimum atomic E-state index is -0.150. The number of amides is 2. The van der Waals surface area contributed by atoms with Crippen LogP contribution in [0, 0.1) is 0 Å². The van der Waals surface area contributed by atoms with Crippen LogP contribution in [0.1, 0.15) is 18.7 Å². The van der Waals surface area contributed by atoms with Gasteiger partial charge in [-0.15, -0.1) is 0 Å². The van der Waals surface area contributed by atoms with Gasteiger partial charge >= 0.3 is 6.03 Å². The molecule has 1 aromatic rings. The molecule has 2 rings (SSSR count). The number of ether oxygens (including phenoxy) is 1. The third-order valence-electron chi connectivity index (χ3n) is 4.18. The van der Waals surface area contributed by atoms with Gasteiger partial charge in [-0.3, -0.25) is 9.80 Å². The van der Waals surface area contributed by atoms with E-state index < -0.39 is 0 Å². The SMILES string of the molecule is C[C@@H](CNC(=O)NC[C@H](c1ccco1)N(C)C)N1CCOCC1. The fraction of sp³-hybridized carbons (Fsp3) is 0.688. The third-order valence-corrected chi connectivity index (χ3v) is 4.18. The van der Waals surface area contributed by atoms with E-state index in [2.05, 4.69) is 22.5 Å². The zero-order chi connectivity index (χ0) is 16.7. The molecular formula is C16H28N4O3. The lowest BCUT2D eigenvalue weighted by molar-refractivity contribution is 0.0209. The van der Waals surface area contributed by atoms with Crippen LogP contribution in [0.2, 0.25) is 0 Å². The molecule has 0 radical (unpaired) electrons. The number of furan rings is 1. The molecule has 1 aliphatic heterocycles. The smallest absolute Gasteiger partial charge is 0.314 e. The number of hydrogen-bond donors (Lipinski definition) is 2. The van der Waals surface area contributed by atoms with Crippen molar-refractivity contribution in [3.05, 3.63) is 24.2 Å². The summed E-state index contributed by atoms with van der Waals surface area (Å²) in [4.78, 5) is 16.4. The topological polar surface area (TPSA) is 70.0 Å². The average Bonchev–Trinajstić information content (AvgIpc) is 3.07. The van der Waals surface area contributed by atoms with Gasteiger partial charge in [0.15, 0.2) is 0 Å². The van der Waals surface area contributed by atoms with Crippen molar-refractivity contribution in [2.24, 2.45) is 0 Å². The van der Waals surface area contributed by atoms with E-state index in [0.29, 0.717) is 19.1 Å². The van der Waals surface area contributed by atoms with Gasteiger partial charge in [-0.25, -0.2) is 4.79 Å². The number of morpholine rings is 1. The molecule has 1 saturated heterocycles. The largest absolute Gasteiger partial charge is 0.468 e. The Morgan fingerprint density at radius 1 is 1.30 bits per heavy atom. The summed E-state index contributed by atoms with van der Waals surface area (Å²) in [5.41, 5.74) is 0. The monoisotopic (exact) mass is 324 g/mol. The Labute approximate surface area is 137 Å². The molecule has 0 saturated carbocycles. The first-order chi connectivity index (χ1) is 11.1. The summed E-state index contributed by atoms with van der Waals surface area (Å²) in [6.07, 6.45) is 1.65. The van der Waals surface area contributed by atoms with Crippen LogP contribution in [0.25, 0.3) is 0 Å². The lowest BCUT2D eigenvalue weighted by Gasteiger charge is -2.32. The second-order valence-corrected chi connectivity index (χ2v) is 6.08.